The molecule has 0 unspecified atom stereocenters. The Morgan fingerprint density at radius 1 is 0.228 bits per heavy atom. The van der Waals surface area contributed by atoms with Gasteiger partial charge in [-0.2, -0.15) is 0 Å². The van der Waals surface area contributed by atoms with Gasteiger partial charge in [-0.25, -0.2) is 0 Å². The fraction of sp³-hybridized carbons (Fsp3) is 0.294. The predicted molar refractivity (Wildman–Crippen MR) is 301 cm³/mol. The van der Waals surface area contributed by atoms with Crippen molar-refractivity contribution in [2.75, 3.05) is 13.2 Å². The first-order valence-corrected chi connectivity index (χ1v) is 27.3. The van der Waals surface area contributed by atoms with Crippen LogP contribution in [0.5, 0.6) is 0 Å². The molecular formula is C68H70O11. The summed E-state index contributed by atoms with van der Waals surface area (Å²) < 4.78 is 77.6. The molecule has 2 aliphatic heterocycles. The SMILES string of the molecule is c1ccc(COC[C@H]2O[C@@H](O[C@@H]3O[C@H](COCc4ccccc4)[C@@H](OCc4ccccc4)[C@H](OCc4ccccc4)[C@H]3OCc3ccccc3)[C@H](OCc3ccccc3)[C@@H](OCc3ccccc3)[C@@H]2OCc2ccccc2)cc1. The van der Waals surface area contributed by atoms with Gasteiger partial charge in [0.2, 0.25) is 0 Å². The van der Waals surface area contributed by atoms with Gasteiger partial charge in [0.05, 0.1) is 66.1 Å². The Morgan fingerprint density at radius 3 is 0.671 bits per heavy atom. The van der Waals surface area contributed by atoms with Gasteiger partial charge in [0, 0.05) is 0 Å². The van der Waals surface area contributed by atoms with Crippen molar-refractivity contribution < 1.29 is 52.1 Å². The standard InChI is InChI=1S/C68H70O11/c1-9-25-51(26-10-1)41-69-49-59-61(71-43-53-29-13-3-14-30-53)63(73-45-55-33-17-5-18-34-55)65(75-47-57-37-21-7-22-38-57)67(77-59)79-68-66(76-48-58-39-23-8-24-40-58)64(74-46-56-35-19-6-20-36-56)62(72-44-54-31-15-4-16-32-54)60(78-68)50-70-42-52-27-11-2-12-28-52/h1-40,59-68H,41-50H2/t59-,60-,61-,62-,63+,64+,65-,66-,67+,68+/m1/s1. The summed E-state index contributed by atoms with van der Waals surface area (Å²) >= 11 is 0. The summed E-state index contributed by atoms with van der Waals surface area (Å²) in [5, 5.41) is 0. The lowest BCUT2D eigenvalue weighted by Gasteiger charge is -2.49. The van der Waals surface area contributed by atoms with Crippen LogP contribution in [0.1, 0.15) is 44.5 Å². The van der Waals surface area contributed by atoms with Crippen molar-refractivity contribution in [3.05, 3.63) is 287 Å². The van der Waals surface area contributed by atoms with Crippen molar-refractivity contribution in [2.45, 2.75) is 114 Å². The van der Waals surface area contributed by atoms with Crippen molar-refractivity contribution in [1.29, 1.82) is 0 Å². The zero-order chi connectivity index (χ0) is 53.5. The molecule has 0 aromatic heterocycles. The largest absolute Gasteiger partial charge is 0.374 e. The van der Waals surface area contributed by atoms with E-state index in [1.54, 1.807) is 0 Å². The molecule has 11 heteroatoms. The highest BCUT2D eigenvalue weighted by Crippen LogP contribution is 2.37. The Labute approximate surface area is 464 Å². The van der Waals surface area contributed by atoms with Gasteiger partial charge in [0.15, 0.2) is 12.6 Å². The molecule has 11 nitrogen and oxygen atoms in total. The molecule has 0 spiro atoms. The summed E-state index contributed by atoms with van der Waals surface area (Å²) in [5.74, 6) is 0. The molecule has 2 heterocycles. The van der Waals surface area contributed by atoms with Crippen LogP contribution in [0.15, 0.2) is 243 Å². The van der Waals surface area contributed by atoms with Crippen molar-refractivity contribution >= 4 is 0 Å². The van der Waals surface area contributed by atoms with E-state index in [1.807, 2.05) is 243 Å². The van der Waals surface area contributed by atoms with Crippen molar-refractivity contribution in [3.8, 4) is 0 Å². The molecule has 8 aromatic carbocycles. The van der Waals surface area contributed by atoms with E-state index in [0.29, 0.717) is 13.2 Å². The summed E-state index contributed by atoms with van der Waals surface area (Å²) in [6.45, 7) is 2.47. The topological polar surface area (TPSA) is 102 Å². The van der Waals surface area contributed by atoms with Crippen LogP contribution >= 0.6 is 0 Å². The van der Waals surface area contributed by atoms with Crippen LogP contribution in [0.2, 0.25) is 0 Å². The van der Waals surface area contributed by atoms with Crippen LogP contribution in [0, 0.1) is 0 Å². The van der Waals surface area contributed by atoms with Gasteiger partial charge >= 0.3 is 0 Å². The molecule has 10 atom stereocenters. The minimum absolute atomic E-state index is 0.137. The molecule has 8 aromatic rings. The van der Waals surface area contributed by atoms with Crippen molar-refractivity contribution in [2.24, 2.45) is 0 Å². The summed E-state index contributed by atoms with van der Waals surface area (Å²) in [6, 6.07) is 80.6. The van der Waals surface area contributed by atoms with Crippen LogP contribution in [-0.4, -0.2) is 74.6 Å². The Hall–Kier alpha value is -6.68. The van der Waals surface area contributed by atoms with E-state index in [-0.39, 0.29) is 52.9 Å². The molecule has 2 fully saturated rings. The van der Waals surface area contributed by atoms with E-state index < -0.39 is 61.4 Å². The third-order valence-corrected chi connectivity index (χ3v) is 13.9. The van der Waals surface area contributed by atoms with Crippen LogP contribution in [0.4, 0.5) is 0 Å². The van der Waals surface area contributed by atoms with E-state index in [4.69, 9.17) is 52.1 Å². The molecule has 79 heavy (non-hydrogen) atoms. The molecule has 408 valence electrons. The normalized spacial score (nSPS) is 23.0. The quantitative estimate of drug-likeness (QED) is 0.0469. The van der Waals surface area contributed by atoms with Gasteiger partial charge in [0.25, 0.3) is 0 Å². The summed E-state index contributed by atoms with van der Waals surface area (Å²) in [7, 11) is 0. The molecule has 0 aliphatic carbocycles. The lowest BCUT2D eigenvalue weighted by atomic mass is 9.96. The highest BCUT2D eigenvalue weighted by Gasteiger charge is 2.54. The second kappa shape index (κ2) is 30.1. The van der Waals surface area contributed by atoms with Gasteiger partial charge in [-0.15, -0.1) is 0 Å². The number of hydrogen-bond acceptors (Lipinski definition) is 11. The molecule has 2 saturated heterocycles. The summed E-state index contributed by atoms with van der Waals surface area (Å²) in [4.78, 5) is 0. The molecule has 0 amide bonds. The number of hydrogen-bond donors (Lipinski definition) is 0. The Morgan fingerprint density at radius 2 is 0.430 bits per heavy atom. The van der Waals surface area contributed by atoms with Gasteiger partial charge < -0.3 is 52.1 Å². The molecule has 0 radical (unpaired) electrons. The highest BCUT2D eigenvalue weighted by molar-refractivity contribution is 5.20. The predicted octanol–water partition coefficient (Wildman–Crippen LogP) is 12.4. The van der Waals surface area contributed by atoms with E-state index in [9.17, 15) is 0 Å². The Balaban J connectivity index is 1.04. The van der Waals surface area contributed by atoms with Gasteiger partial charge in [-0.3, -0.25) is 0 Å². The minimum atomic E-state index is -1.14. The average molecular weight is 1060 g/mol. The maximum atomic E-state index is 7.43. The van der Waals surface area contributed by atoms with Gasteiger partial charge in [0.1, 0.15) is 48.8 Å². The third kappa shape index (κ3) is 16.7. The lowest BCUT2D eigenvalue weighted by molar-refractivity contribution is -0.394. The van der Waals surface area contributed by atoms with Crippen LogP contribution in [0.3, 0.4) is 0 Å². The maximum absolute atomic E-state index is 7.43. The Kier molecular flexibility index (Phi) is 21.2. The third-order valence-electron chi connectivity index (χ3n) is 13.9. The van der Waals surface area contributed by atoms with E-state index in [1.165, 1.54) is 0 Å². The van der Waals surface area contributed by atoms with E-state index in [2.05, 4.69) is 0 Å². The Bertz CT molecular complexity index is 2690. The van der Waals surface area contributed by atoms with Crippen LogP contribution < -0.4 is 0 Å². The van der Waals surface area contributed by atoms with E-state index in [0.717, 1.165) is 44.5 Å². The van der Waals surface area contributed by atoms with Gasteiger partial charge in [-0.1, -0.05) is 243 Å². The lowest BCUT2D eigenvalue weighted by Crippen LogP contribution is -2.66. The second-order valence-corrected chi connectivity index (χ2v) is 19.8. The first-order chi connectivity index (χ1) is 39.2. The van der Waals surface area contributed by atoms with Gasteiger partial charge in [-0.05, 0) is 44.5 Å². The smallest absolute Gasteiger partial charge is 0.190 e. The number of ether oxygens (including phenoxy) is 11. The minimum Gasteiger partial charge on any atom is -0.374 e. The molecule has 10 rings (SSSR count). The second-order valence-electron chi connectivity index (χ2n) is 19.8. The van der Waals surface area contributed by atoms with E-state index >= 15 is 0 Å². The first-order valence-electron chi connectivity index (χ1n) is 27.3. The highest BCUT2D eigenvalue weighted by atomic mass is 16.8. The molecule has 0 saturated carbocycles. The number of benzene rings is 8. The maximum Gasteiger partial charge on any atom is 0.190 e. The number of rotatable bonds is 28. The molecular weight excluding hydrogens is 993 g/mol. The zero-order valence-corrected chi connectivity index (χ0v) is 44.4. The van der Waals surface area contributed by atoms with Crippen LogP contribution in [-0.2, 0) is 105 Å². The fourth-order valence-corrected chi connectivity index (χ4v) is 9.85. The molecule has 2 aliphatic rings. The molecule has 0 N–H and O–H groups in total. The summed E-state index contributed by atoms with van der Waals surface area (Å²) in [6.07, 6.45) is -8.43. The fourth-order valence-electron chi connectivity index (χ4n) is 9.85. The summed E-state index contributed by atoms with van der Waals surface area (Å²) in [5.41, 5.74) is 7.91. The van der Waals surface area contributed by atoms with Crippen molar-refractivity contribution in [3.63, 3.8) is 0 Å². The monoisotopic (exact) mass is 1060 g/mol. The van der Waals surface area contributed by atoms with Crippen LogP contribution in [0.25, 0.3) is 0 Å². The first kappa shape index (κ1) is 55.6. The van der Waals surface area contributed by atoms with Crippen molar-refractivity contribution in [1.82, 2.24) is 0 Å². The molecule has 0 bridgehead atoms. The average Bonchev–Trinajstić information content (AvgIpc) is 3.56. The zero-order valence-electron chi connectivity index (χ0n) is 44.4.